The van der Waals surface area contributed by atoms with Crippen molar-refractivity contribution in [3.05, 3.63) is 28.8 Å². The third kappa shape index (κ3) is 3.74. The molecule has 4 heteroatoms. The molecule has 2 rings (SSSR count). The van der Waals surface area contributed by atoms with Crippen molar-refractivity contribution < 1.29 is 4.79 Å². The molecule has 20 heavy (non-hydrogen) atoms. The molecule has 0 aromatic heterocycles. The quantitative estimate of drug-likeness (QED) is 0.918. The lowest BCUT2D eigenvalue weighted by molar-refractivity contribution is -0.120. The van der Waals surface area contributed by atoms with E-state index in [-0.39, 0.29) is 11.9 Å². The number of nitrogens with one attached hydrogen (secondary N) is 1. The zero-order valence-electron chi connectivity index (χ0n) is 12.3. The van der Waals surface area contributed by atoms with Gasteiger partial charge in [-0.15, -0.1) is 0 Å². The summed E-state index contributed by atoms with van der Waals surface area (Å²) in [6.45, 7) is 5.95. The van der Waals surface area contributed by atoms with Crippen LogP contribution in [-0.4, -0.2) is 29.9 Å². The van der Waals surface area contributed by atoms with Crippen LogP contribution in [-0.2, 0) is 4.79 Å². The zero-order chi connectivity index (χ0) is 14.5. The average molecular weight is 295 g/mol. The number of halogens is 1. The smallest absolute Gasteiger partial charge is 0.241 e. The number of likely N-dealkylation sites (tertiary alicyclic amines) is 1. The Hall–Kier alpha value is -1.06. The number of hydrogen-bond donors (Lipinski definition) is 1. The van der Waals surface area contributed by atoms with Crippen molar-refractivity contribution in [1.29, 1.82) is 0 Å². The molecule has 1 amide bonds. The predicted molar refractivity (Wildman–Crippen MR) is 84.3 cm³/mol. The molecule has 1 saturated heterocycles. The van der Waals surface area contributed by atoms with Crippen molar-refractivity contribution in [2.24, 2.45) is 0 Å². The molecule has 1 heterocycles. The Morgan fingerprint density at radius 2 is 1.90 bits per heavy atom. The van der Waals surface area contributed by atoms with E-state index in [0.29, 0.717) is 5.02 Å². The Morgan fingerprint density at radius 1 is 1.25 bits per heavy atom. The number of anilines is 1. The fourth-order valence-corrected chi connectivity index (χ4v) is 2.80. The van der Waals surface area contributed by atoms with Gasteiger partial charge in [-0.25, -0.2) is 0 Å². The third-order valence-corrected chi connectivity index (χ3v) is 4.50. The molecule has 1 atom stereocenters. The maximum atomic E-state index is 12.4. The molecule has 1 aromatic carbocycles. The van der Waals surface area contributed by atoms with E-state index in [2.05, 4.69) is 10.2 Å². The summed E-state index contributed by atoms with van der Waals surface area (Å²) < 4.78 is 0. The molecule has 110 valence electrons. The second-order valence-corrected chi connectivity index (χ2v) is 5.94. The lowest BCUT2D eigenvalue weighted by Crippen LogP contribution is -2.42. The number of carbonyl (C=O) groups is 1. The topological polar surface area (TPSA) is 32.3 Å². The van der Waals surface area contributed by atoms with Crippen LogP contribution in [0.1, 0.15) is 38.2 Å². The van der Waals surface area contributed by atoms with Gasteiger partial charge in [-0.2, -0.15) is 0 Å². The normalized spacial score (nSPS) is 18.4. The number of hydrogen-bond acceptors (Lipinski definition) is 2. The largest absolute Gasteiger partial charge is 0.324 e. The highest BCUT2D eigenvalue weighted by molar-refractivity contribution is 6.31. The van der Waals surface area contributed by atoms with E-state index in [9.17, 15) is 4.79 Å². The van der Waals surface area contributed by atoms with Gasteiger partial charge in [-0.05, 0) is 57.5 Å². The summed E-state index contributed by atoms with van der Waals surface area (Å²) in [7, 11) is 0. The van der Waals surface area contributed by atoms with Crippen molar-refractivity contribution in [2.45, 2.75) is 45.6 Å². The number of carbonyl (C=O) groups excluding carboxylic acids is 1. The molecule has 1 aliphatic rings. The Morgan fingerprint density at radius 3 is 2.55 bits per heavy atom. The number of benzene rings is 1. The molecule has 1 N–H and O–H groups in total. The fraction of sp³-hybridized carbons (Fsp3) is 0.562. The summed E-state index contributed by atoms with van der Waals surface area (Å²) in [5.41, 5.74) is 1.73. The number of nitrogens with zero attached hydrogens (tertiary/aromatic N) is 1. The van der Waals surface area contributed by atoms with Gasteiger partial charge in [-0.1, -0.05) is 30.5 Å². The molecular weight excluding hydrogens is 272 g/mol. The highest BCUT2D eigenvalue weighted by Crippen LogP contribution is 2.23. The van der Waals surface area contributed by atoms with Gasteiger partial charge in [0.05, 0.1) is 6.04 Å². The molecule has 1 aromatic rings. The van der Waals surface area contributed by atoms with Crippen LogP contribution in [0.5, 0.6) is 0 Å². The number of rotatable bonds is 3. The predicted octanol–water partition coefficient (Wildman–Crippen LogP) is 3.85. The van der Waals surface area contributed by atoms with Crippen molar-refractivity contribution in [3.63, 3.8) is 0 Å². The van der Waals surface area contributed by atoms with Crippen LogP contribution in [0.3, 0.4) is 0 Å². The molecule has 0 radical (unpaired) electrons. The van der Waals surface area contributed by atoms with Crippen LogP contribution in [0.4, 0.5) is 5.69 Å². The van der Waals surface area contributed by atoms with Gasteiger partial charge < -0.3 is 5.32 Å². The Kier molecular flexibility index (Phi) is 5.44. The first-order valence-corrected chi connectivity index (χ1v) is 7.77. The maximum Gasteiger partial charge on any atom is 0.241 e. The van der Waals surface area contributed by atoms with E-state index >= 15 is 0 Å². The Labute approximate surface area is 126 Å². The molecule has 1 aliphatic heterocycles. The first-order valence-electron chi connectivity index (χ1n) is 7.39. The lowest BCUT2D eigenvalue weighted by Gasteiger charge is -2.26. The van der Waals surface area contributed by atoms with Crippen molar-refractivity contribution in [3.8, 4) is 0 Å². The summed E-state index contributed by atoms with van der Waals surface area (Å²) in [6.07, 6.45) is 4.93. The van der Waals surface area contributed by atoms with Crippen LogP contribution in [0, 0.1) is 6.92 Å². The van der Waals surface area contributed by atoms with Gasteiger partial charge in [0.2, 0.25) is 5.91 Å². The molecule has 0 unspecified atom stereocenters. The molecule has 0 saturated carbocycles. The average Bonchev–Trinajstić information content (AvgIpc) is 2.72. The maximum absolute atomic E-state index is 12.4. The van der Waals surface area contributed by atoms with Gasteiger partial charge in [-0.3, -0.25) is 9.69 Å². The summed E-state index contributed by atoms with van der Waals surface area (Å²) in [5.74, 6) is 0.0530. The van der Waals surface area contributed by atoms with E-state index in [4.69, 9.17) is 11.6 Å². The SMILES string of the molecule is Cc1c(Cl)cccc1NC(=O)[C@@H](C)N1CCCCCC1. The van der Waals surface area contributed by atoms with Gasteiger partial charge in [0.1, 0.15) is 0 Å². The first-order chi connectivity index (χ1) is 9.59. The molecular formula is C16H23ClN2O. The molecule has 3 nitrogen and oxygen atoms in total. The van der Waals surface area contributed by atoms with Gasteiger partial charge in [0.25, 0.3) is 0 Å². The molecule has 0 spiro atoms. The highest BCUT2D eigenvalue weighted by atomic mass is 35.5. The standard InChI is InChI=1S/C16H23ClN2O/c1-12-14(17)8-7-9-15(12)18-16(20)13(2)19-10-5-3-4-6-11-19/h7-9,13H,3-6,10-11H2,1-2H3,(H,18,20)/t13-/m1/s1. The lowest BCUT2D eigenvalue weighted by atomic mass is 10.2. The first kappa shape index (κ1) is 15.3. The van der Waals surface area contributed by atoms with Crippen LogP contribution < -0.4 is 5.32 Å². The molecule has 0 bridgehead atoms. The highest BCUT2D eigenvalue weighted by Gasteiger charge is 2.22. The molecule has 0 aliphatic carbocycles. The van der Waals surface area contributed by atoms with E-state index in [1.807, 2.05) is 32.0 Å². The summed E-state index contributed by atoms with van der Waals surface area (Å²) in [4.78, 5) is 14.7. The van der Waals surface area contributed by atoms with E-state index in [1.165, 1.54) is 25.7 Å². The van der Waals surface area contributed by atoms with Crippen molar-refractivity contribution in [2.75, 3.05) is 18.4 Å². The van der Waals surface area contributed by atoms with Crippen LogP contribution >= 0.6 is 11.6 Å². The van der Waals surface area contributed by atoms with Crippen LogP contribution in [0.25, 0.3) is 0 Å². The van der Waals surface area contributed by atoms with E-state index < -0.39 is 0 Å². The second-order valence-electron chi connectivity index (χ2n) is 5.53. The van der Waals surface area contributed by atoms with E-state index in [1.54, 1.807) is 0 Å². The second kappa shape index (κ2) is 7.09. The van der Waals surface area contributed by atoms with Gasteiger partial charge >= 0.3 is 0 Å². The minimum atomic E-state index is -0.0912. The summed E-state index contributed by atoms with van der Waals surface area (Å²) in [6, 6.07) is 5.51. The minimum absolute atomic E-state index is 0.0530. The van der Waals surface area contributed by atoms with Crippen molar-refractivity contribution in [1.82, 2.24) is 4.90 Å². The van der Waals surface area contributed by atoms with Gasteiger partial charge in [0, 0.05) is 10.7 Å². The van der Waals surface area contributed by atoms with E-state index in [0.717, 1.165) is 24.3 Å². The monoisotopic (exact) mass is 294 g/mol. The van der Waals surface area contributed by atoms with Crippen molar-refractivity contribution >= 4 is 23.2 Å². The summed E-state index contributed by atoms with van der Waals surface area (Å²) in [5, 5.41) is 3.69. The third-order valence-electron chi connectivity index (χ3n) is 4.09. The van der Waals surface area contributed by atoms with Crippen LogP contribution in [0.15, 0.2) is 18.2 Å². The minimum Gasteiger partial charge on any atom is -0.324 e. The zero-order valence-corrected chi connectivity index (χ0v) is 13.0. The Balaban J connectivity index is 2.01. The Bertz CT molecular complexity index is 468. The summed E-state index contributed by atoms with van der Waals surface area (Å²) >= 11 is 6.09. The van der Waals surface area contributed by atoms with Crippen LogP contribution in [0.2, 0.25) is 5.02 Å². The fourth-order valence-electron chi connectivity index (χ4n) is 2.63. The molecule has 1 fully saturated rings. The van der Waals surface area contributed by atoms with Gasteiger partial charge in [0.15, 0.2) is 0 Å². The number of amides is 1.